The highest BCUT2D eigenvalue weighted by atomic mass is 16.5. The van der Waals surface area contributed by atoms with Crippen molar-refractivity contribution in [1.82, 2.24) is 9.97 Å². The average molecular weight is 446 g/mol. The van der Waals surface area contributed by atoms with E-state index in [1.807, 2.05) is 61.5 Å². The Bertz CT molecular complexity index is 1120. The minimum Gasteiger partial charge on any atom is -0.497 e. The van der Waals surface area contributed by atoms with Gasteiger partial charge < -0.3 is 20.7 Å². The van der Waals surface area contributed by atoms with E-state index in [1.54, 1.807) is 7.11 Å². The van der Waals surface area contributed by atoms with Gasteiger partial charge in [0, 0.05) is 47.6 Å². The highest BCUT2D eigenvalue weighted by Crippen LogP contribution is 2.25. The first kappa shape index (κ1) is 22.3. The Kier molecular flexibility index (Phi) is 6.83. The lowest BCUT2D eigenvalue weighted by atomic mass is 9.88. The summed E-state index contributed by atoms with van der Waals surface area (Å²) in [6.07, 6.45) is 2.24. The molecule has 1 fully saturated rings. The highest BCUT2D eigenvalue weighted by molar-refractivity contribution is 5.94. The summed E-state index contributed by atoms with van der Waals surface area (Å²) in [5.41, 5.74) is 3.23. The van der Waals surface area contributed by atoms with Crippen LogP contribution in [0.2, 0.25) is 0 Å². The van der Waals surface area contributed by atoms with E-state index in [9.17, 15) is 9.59 Å². The van der Waals surface area contributed by atoms with Gasteiger partial charge in [0.1, 0.15) is 17.4 Å². The van der Waals surface area contributed by atoms with Crippen molar-refractivity contribution in [3.8, 4) is 5.75 Å². The van der Waals surface area contributed by atoms with Gasteiger partial charge in [-0.15, -0.1) is 0 Å². The number of hydrogen-bond acceptors (Lipinski definition) is 7. The Hall–Kier alpha value is -3.94. The number of amides is 1. The first-order valence-electron chi connectivity index (χ1n) is 10.9. The Balaban J connectivity index is 1.38. The number of rotatable bonds is 7. The third-order valence-electron chi connectivity index (χ3n) is 5.54. The Morgan fingerprint density at radius 2 is 1.52 bits per heavy atom. The molecule has 1 saturated carbocycles. The number of benzene rings is 2. The van der Waals surface area contributed by atoms with E-state index in [0.717, 1.165) is 28.5 Å². The van der Waals surface area contributed by atoms with Crippen molar-refractivity contribution in [2.24, 2.45) is 5.92 Å². The molecule has 0 radical (unpaired) electrons. The fourth-order valence-corrected chi connectivity index (χ4v) is 3.72. The van der Waals surface area contributed by atoms with Gasteiger partial charge in [-0.1, -0.05) is 0 Å². The van der Waals surface area contributed by atoms with E-state index < -0.39 is 0 Å². The number of Topliss-reactive ketones (excluding diaryl/α,β-unsaturated/α-hetero) is 1. The van der Waals surface area contributed by atoms with Crippen LogP contribution in [-0.4, -0.2) is 28.8 Å². The second kappa shape index (κ2) is 10.1. The molecule has 0 aliphatic heterocycles. The van der Waals surface area contributed by atoms with Gasteiger partial charge in [0.2, 0.25) is 11.9 Å². The molecule has 0 spiro atoms. The molecule has 170 valence electrons. The number of aromatic nitrogens is 2. The van der Waals surface area contributed by atoms with Crippen molar-refractivity contribution in [3.05, 3.63) is 60.3 Å². The molecule has 33 heavy (non-hydrogen) atoms. The second-order valence-corrected chi connectivity index (χ2v) is 8.08. The maximum absolute atomic E-state index is 12.4. The molecule has 0 saturated heterocycles. The van der Waals surface area contributed by atoms with Crippen LogP contribution in [0.5, 0.6) is 5.75 Å². The lowest BCUT2D eigenvalue weighted by Crippen LogP contribution is -2.27. The standard InChI is InChI=1S/C25H27N5O3/c1-16-15-23(27-18-9-13-22(33-2)14-10-18)30-25(26-16)29-20-7-5-19(6-8-20)28-24(32)17-3-11-21(31)12-4-17/h5-10,13-15,17H,3-4,11-12H2,1-2H3,(H,28,32)(H2,26,27,29,30). The lowest BCUT2D eigenvalue weighted by molar-refractivity contribution is -0.125. The summed E-state index contributed by atoms with van der Waals surface area (Å²) < 4.78 is 5.19. The molecular weight excluding hydrogens is 418 g/mol. The quantitative estimate of drug-likeness (QED) is 0.471. The minimum absolute atomic E-state index is 0.0283. The zero-order valence-corrected chi connectivity index (χ0v) is 18.7. The maximum atomic E-state index is 12.4. The number of hydrogen-bond donors (Lipinski definition) is 3. The van der Waals surface area contributed by atoms with Gasteiger partial charge in [-0.05, 0) is 68.3 Å². The number of ether oxygens (including phenoxy) is 1. The molecule has 4 rings (SSSR count). The Morgan fingerprint density at radius 3 is 2.18 bits per heavy atom. The summed E-state index contributed by atoms with van der Waals surface area (Å²) >= 11 is 0. The molecule has 8 nitrogen and oxygen atoms in total. The number of carbonyl (C=O) groups is 2. The van der Waals surface area contributed by atoms with Crippen molar-refractivity contribution in [2.75, 3.05) is 23.1 Å². The molecule has 3 N–H and O–H groups in total. The fraction of sp³-hybridized carbons (Fsp3) is 0.280. The van der Waals surface area contributed by atoms with Crippen molar-refractivity contribution < 1.29 is 14.3 Å². The number of methoxy groups -OCH3 is 1. The van der Waals surface area contributed by atoms with Gasteiger partial charge in [0.05, 0.1) is 7.11 Å². The molecule has 0 unspecified atom stereocenters. The number of ketones is 1. The van der Waals surface area contributed by atoms with Gasteiger partial charge in [-0.25, -0.2) is 4.98 Å². The molecule has 0 atom stereocenters. The predicted octanol–water partition coefficient (Wildman–Crippen LogP) is 4.98. The van der Waals surface area contributed by atoms with Crippen LogP contribution in [0.1, 0.15) is 31.4 Å². The number of anilines is 5. The summed E-state index contributed by atoms with van der Waals surface area (Å²) in [5, 5.41) is 9.42. The SMILES string of the molecule is COc1ccc(Nc2cc(C)nc(Nc3ccc(NC(=O)C4CCC(=O)CC4)cc3)n2)cc1. The summed E-state index contributed by atoms with van der Waals surface area (Å²) in [6.45, 7) is 1.91. The Labute approximate surface area is 192 Å². The van der Waals surface area contributed by atoms with Crippen LogP contribution in [0.25, 0.3) is 0 Å². The fourth-order valence-electron chi connectivity index (χ4n) is 3.72. The molecule has 1 aliphatic rings. The molecule has 1 aliphatic carbocycles. The van der Waals surface area contributed by atoms with Gasteiger partial charge in [-0.2, -0.15) is 4.98 Å². The van der Waals surface area contributed by atoms with E-state index in [2.05, 4.69) is 25.9 Å². The smallest absolute Gasteiger partial charge is 0.229 e. The van der Waals surface area contributed by atoms with Gasteiger partial charge in [0.25, 0.3) is 0 Å². The molecule has 2 aromatic carbocycles. The van der Waals surface area contributed by atoms with Crippen molar-refractivity contribution >= 4 is 40.5 Å². The van der Waals surface area contributed by atoms with Gasteiger partial charge in [-0.3, -0.25) is 9.59 Å². The zero-order valence-electron chi connectivity index (χ0n) is 18.7. The molecular formula is C25H27N5O3. The predicted molar refractivity (Wildman–Crippen MR) is 128 cm³/mol. The summed E-state index contributed by atoms with van der Waals surface area (Å²) in [5.74, 6) is 2.04. The van der Waals surface area contributed by atoms with Crippen LogP contribution in [0.15, 0.2) is 54.6 Å². The second-order valence-electron chi connectivity index (χ2n) is 8.08. The topological polar surface area (TPSA) is 105 Å². The van der Waals surface area contributed by atoms with Gasteiger partial charge >= 0.3 is 0 Å². The third kappa shape index (κ3) is 6.06. The van der Waals surface area contributed by atoms with Crippen LogP contribution in [0, 0.1) is 12.8 Å². The van der Waals surface area contributed by atoms with E-state index in [4.69, 9.17) is 4.74 Å². The first-order valence-corrected chi connectivity index (χ1v) is 10.9. The summed E-state index contributed by atoms with van der Waals surface area (Å²) in [4.78, 5) is 32.8. The number of carbonyl (C=O) groups excluding carboxylic acids is 2. The number of aryl methyl sites for hydroxylation is 1. The van der Waals surface area contributed by atoms with Crippen molar-refractivity contribution in [1.29, 1.82) is 0 Å². The van der Waals surface area contributed by atoms with Crippen LogP contribution >= 0.6 is 0 Å². The highest BCUT2D eigenvalue weighted by Gasteiger charge is 2.24. The summed E-state index contributed by atoms with van der Waals surface area (Å²) in [6, 6.07) is 16.9. The van der Waals surface area contributed by atoms with Crippen LogP contribution < -0.4 is 20.7 Å². The van der Waals surface area contributed by atoms with Crippen LogP contribution in [0.3, 0.4) is 0 Å². The van der Waals surface area contributed by atoms with Crippen LogP contribution in [-0.2, 0) is 9.59 Å². The van der Waals surface area contributed by atoms with E-state index in [-0.39, 0.29) is 17.6 Å². The van der Waals surface area contributed by atoms with Crippen molar-refractivity contribution in [2.45, 2.75) is 32.6 Å². The average Bonchev–Trinajstić information content (AvgIpc) is 2.81. The molecule has 1 amide bonds. The normalized spacial score (nSPS) is 13.9. The number of nitrogens with one attached hydrogen (secondary N) is 3. The molecule has 1 aromatic heterocycles. The van der Waals surface area contributed by atoms with E-state index in [0.29, 0.717) is 37.4 Å². The van der Waals surface area contributed by atoms with E-state index >= 15 is 0 Å². The first-order chi connectivity index (χ1) is 16.0. The van der Waals surface area contributed by atoms with Crippen molar-refractivity contribution in [3.63, 3.8) is 0 Å². The van der Waals surface area contributed by atoms with Crippen LogP contribution in [0.4, 0.5) is 28.8 Å². The molecule has 0 bridgehead atoms. The number of nitrogens with zero attached hydrogens (tertiary/aromatic N) is 2. The zero-order chi connectivity index (χ0) is 23.2. The largest absolute Gasteiger partial charge is 0.497 e. The van der Waals surface area contributed by atoms with E-state index in [1.165, 1.54) is 0 Å². The maximum Gasteiger partial charge on any atom is 0.229 e. The molecule has 3 aromatic rings. The Morgan fingerprint density at radius 1 is 0.909 bits per heavy atom. The lowest BCUT2D eigenvalue weighted by Gasteiger charge is -2.20. The molecule has 1 heterocycles. The third-order valence-corrected chi connectivity index (χ3v) is 5.54. The minimum atomic E-state index is -0.0992. The summed E-state index contributed by atoms with van der Waals surface area (Å²) in [7, 11) is 1.63. The monoisotopic (exact) mass is 445 g/mol. The van der Waals surface area contributed by atoms with Gasteiger partial charge in [0.15, 0.2) is 0 Å². The molecule has 8 heteroatoms.